The highest BCUT2D eigenvalue weighted by atomic mass is 16.6. The zero-order valence-corrected chi connectivity index (χ0v) is 7.47. The molecule has 3 atom stereocenters. The minimum absolute atomic E-state index is 0.255. The first-order valence-electron chi connectivity index (χ1n) is 4.23. The second kappa shape index (κ2) is 4.55. The molecule has 3 unspecified atom stereocenters. The molecule has 5 nitrogen and oxygen atoms in total. The summed E-state index contributed by atoms with van der Waals surface area (Å²) in [6.07, 6.45) is -1.66. The molecule has 76 valence electrons. The number of hydrogen-bond acceptors (Lipinski definition) is 5. The Bertz CT molecular complexity index is 181. The van der Waals surface area contributed by atoms with Gasteiger partial charge in [0.05, 0.1) is 12.7 Å². The summed E-state index contributed by atoms with van der Waals surface area (Å²) in [6.45, 7) is 1.38. The molecule has 0 aromatic carbocycles. The number of aliphatic hydroxyl groups excluding tert-OH is 2. The lowest BCUT2D eigenvalue weighted by Gasteiger charge is -2.33. The molecular formula is C8H14O5. The number of carbonyl (C=O) groups excluding carboxylic acids is 1. The molecule has 1 aliphatic rings. The van der Waals surface area contributed by atoms with Crippen LogP contribution in [0.15, 0.2) is 0 Å². The Kier molecular flexibility index (Phi) is 3.65. The monoisotopic (exact) mass is 190 g/mol. The second-order valence-corrected chi connectivity index (χ2v) is 3.02. The van der Waals surface area contributed by atoms with Crippen molar-refractivity contribution in [2.45, 2.75) is 31.7 Å². The van der Waals surface area contributed by atoms with E-state index < -0.39 is 24.3 Å². The summed E-state index contributed by atoms with van der Waals surface area (Å²) in [5.74, 6) is -0.479. The molecule has 0 aromatic rings. The van der Waals surface area contributed by atoms with Crippen LogP contribution in [0.2, 0.25) is 0 Å². The van der Waals surface area contributed by atoms with E-state index in [9.17, 15) is 9.90 Å². The lowest BCUT2D eigenvalue weighted by molar-refractivity contribution is -0.185. The highest BCUT2D eigenvalue weighted by molar-refractivity contribution is 5.66. The molecule has 2 N–H and O–H groups in total. The molecule has 13 heavy (non-hydrogen) atoms. The maximum atomic E-state index is 10.6. The van der Waals surface area contributed by atoms with E-state index in [2.05, 4.69) is 0 Å². The van der Waals surface area contributed by atoms with Gasteiger partial charge < -0.3 is 19.7 Å². The molecule has 1 saturated heterocycles. The van der Waals surface area contributed by atoms with Crippen LogP contribution in [0.4, 0.5) is 0 Å². The molecule has 0 bridgehead atoms. The summed E-state index contributed by atoms with van der Waals surface area (Å²) in [7, 11) is 0. The van der Waals surface area contributed by atoms with Crippen molar-refractivity contribution < 1.29 is 24.5 Å². The Balaban J connectivity index is 2.56. The van der Waals surface area contributed by atoms with Crippen LogP contribution in [-0.2, 0) is 14.3 Å². The fourth-order valence-electron chi connectivity index (χ4n) is 1.35. The molecule has 0 radical (unpaired) electrons. The Morgan fingerprint density at radius 1 is 1.69 bits per heavy atom. The maximum Gasteiger partial charge on any atom is 0.303 e. The predicted octanol–water partition coefficient (Wildman–Crippen LogP) is -0.940. The van der Waals surface area contributed by atoms with Gasteiger partial charge in [-0.25, -0.2) is 0 Å². The van der Waals surface area contributed by atoms with E-state index in [0.717, 1.165) is 0 Å². The van der Waals surface area contributed by atoms with Gasteiger partial charge in [0.2, 0.25) is 0 Å². The third kappa shape index (κ3) is 2.65. The van der Waals surface area contributed by atoms with Gasteiger partial charge in [0, 0.05) is 20.0 Å². The van der Waals surface area contributed by atoms with Crippen molar-refractivity contribution in [1.29, 1.82) is 0 Å². The Hall–Kier alpha value is -0.650. The number of rotatable bonds is 2. The van der Waals surface area contributed by atoms with Crippen molar-refractivity contribution in [3.05, 3.63) is 0 Å². The van der Waals surface area contributed by atoms with Crippen LogP contribution in [0.25, 0.3) is 0 Å². The standard InChI is InChI=1S/C8H14O5/c1-5(10)13-8-6(11)2-3-12-7(8)4-9/h6-9,11H,2-4H2,1H3. The quantitative estimate of drug-likeness (QED) is 0.550. The average molecular weight is 190 g/mol. The van der Waals surface area contributed by atoms with Crippen molar-refractivity contribution in [3.8, 4) is 0 Å². The summed E-state index contributed by atoms with van der Waals surface area (Å²) >= 11 is 0. The number of esters is 1. The smallest absolute Gasteiger partial charge is 0.303 e. The zero-order chi connectivity index (χ0) is 9.84. The van der Waals surface area contributed by atoms with Crippen LogP contribution < -0.4 is 0 Å². The van der Waals surface area contributed by atoms with Crippen LogP contribution in [0.5, 0.6) is 0 Å². The fraction of sp³-hybridized carbons (Fsp3) is 0.875. The topological polar surface area (TPSA) is 76.0 Å². The third-order valence-corrected chi connectivity index (χ3v) is 1.97. The summed E-state index contributed by atoms with van der Waals surface area (Å²) in [5, 5.41) is 18.3. The van der Waals surface area contributed by atoms with E-state index in [1.165, 1.54) is 6.92 Å². The van der Waals surface area contributed by atoms with Crippen LogP contribution >= 0.6 is 0 Å². The second-order valence-electron chi connectivity index (χ2n) is 3.02. The van der Waals surface area contributed by atoms with E-state index >= 15 is 0 Å². The van der Waals surface area contributed by atoms with Crippen molar-refractivity contribution in [2.24, 2.45) is 0 Å². The molecule has 0 spiro atoms. The summed E-state index contributed by atoms with van der Waals surface area (Å²) < 4.78 is 9.96. The molecule has 1 fully saturated rings. The SMILES string of the molecule is CC(=O)OC1C(O)CCOC1CO. The van der Waals surface area contributed by atoms with E-state index in [0.29, 0.717) is 13.0 Å². The first kappa shape index (κ1) is 10.4. The van der Waals surface area contributed by atoms with Crippen LogP contribution in [0, 0.1) is 0 Å². The van der Waals surface area contributed by atoms with Gasteiger partial charge in [0.25, 0.3) is 0 Å². The van der Waals surface area contributed by atoms with E-state index in [4.69, 9.17) is 14.6 Å². The Labute approximate surface area is 76.3 Å². The lowest BCUT2D eigenvalue weighted by atomic mass is 10.0. The molecule has 0 saturated carbocycles. The number of aliphatic hydroxyl groups is 2. The lowest BCUT2D eigenvalue weighted by Crippen LogP contribution is -2.48. The van der Waals surface area contributed by atoms with Gasteiger partial charge in [0.1, 0.15) is 6.10 Å². The highest BCUT2D eigenvalue weighted by Gasteiger charge is 2.35. The Morgan fingerprint density at radius 2 is 2.38 bits per heavy atom. The van der Waals surface area contributed by atoms with Gasteiger partial charge in [-0.05, 0) is 0 Å². The van der Waals surface area contributed by atoms with E-state index in [-0.39, 0.29) is 6.61 Å². The number of carbonyl (C=O) groups is 1. The predicted molar refractivity (Wildman–Crippen MR) is 43.0 cm³/mol. The van der Waals surface area contributed by atoms with Gasteiger partial charge >= 0.3 is 5.97 Å². The van der Waals surface area contributed by atoms with Gasteiger partial charge in [-0.3, -0.25) is 4.79 Å². The zero-order valence-electron chi connectivity index (χ0n) is 7.47. The molecule has 1 aliphatic heterocycles. The van der Waals surface area contributed by atoms with Crippen LogP contribution in [0.1, 0.15) is 13.3 Å². The van der Waals surface area contributed by atoms with Crippen molar-refractivity contribution in [3.63, 3.8) is 0 Å². The largest absolute Gasteiger partial charge is 0.457 e. The number of ether oxygens (including phenoxy) is 2. The van der Waals surface area contributed by atoms with E-state index in [1.807, 2.05) is 0 Å². The third-order valence-electron chi connectivity index (χ3n) is 1.97. The summed E-state index contributed by atoms with van der Waals surface area (Å²) in [5.41, 5.74) is 0. The average Bonchev–Trinajstić information content (AvgIpc) is 2.08. The van der Waals surface area contributed by atoms with E-state index in [1.54, 1.807) is 0 Å². The van der Waals surface area contributed by atoms with Crippen molar-refractivity contribution in [2.75, 3.05) is 13.2 Å². The van der Waals surface area contributed by atoms with Gasteiger partial charge in [-0.1, -0.05) is 0 Å². The first-order chi connectivity index (χ1) is 6.15. The minimum atomic E-state index is -0.741. The van der Waals surface area contributed by atoms with Crippen molar-refractivity contribution >= 4 is 5.97 Å². The minimum Gasteiger partial charge on any atom is -0.457 e. The summed E-state index contributed by atoms with van der Waals surface area (Å²) in [6, 6.07) is 0. The normalized spacial score (nSPS) is 34.2. The summed E-state index contributed by atoms with van der Waals surface area (Å²) in [4.78, 5) is 10.6. The molecule has 0 amide bonds. The highest BCUT2D eigenvalue weighted by Crippen LogP contribution is 2.17. The van der Waals surface area contributed by atoms with Gasteiger partial charge in [-0.15, -0.1) is 0 Å². The molecular weight excluding hydrogens is 176 g/mol. The molecule has 1 rings (SSSR count). The van der Waals surface area contributed by atoms with Gasteiger partial charge in [-0.2, -0.15) is 0 Å². The Morgan fingerprint density at radius 3 is 2.92 bits per heavy atom. The number of hydrogen-bond donors (Lipinski definition) is 2. The fourth-order valence-corrected chi connectivity index (χ4v) is 1.35. The van der Waals surface area contributed by atoms with Gasteiger partial charge in [0.15, 0.2) is 6.10 Å². The molecule has 5 heteroatoms. The molecule has 0 aliphatic carbocycles. The first-order valence-corrected chi connectivity index (χ1v) is 4.23. The maximum absolute atomic E-state index is 10.6. The van der Waals surface area contributed by atoms with Crippen molar-refractivity contribution in [1.82, 2.24) is 0 Å². The van der Waals surface area contributed by atoms with Crippen LogP contribution in [-0.4, -0.2) is 47.7 Å². The molecule has 0 aromatic heterocycles. The molecule has 1 heterocycles. The van der Waals surface area contributed by atoms with Crippen LogP contribution in [0.3, 0.4) is 0 Å².